The summed E-state index contributed by atoms with van der Waals surface area (Å²) in [6.45, 7) is 7.31. The highest BCUT2D eigenvalue weighted by Gasteiger charge is 2.36. The lowest BCUT2D eigenvalue weighted by molar-refractivity contribution is -0.126. The van der Waals surface area contributed by atoms with Crippen LogP contribution < -0.4 is 4.90 Å². The van der Waals surface area contributed by atoms with Gasteiger partial charge in [0.05, 0.1) is 11.8 Å². The molecule has 0 saturated heterocycles. The number of carbonyl (C=O) groups excluding carboxylic acids is 1. The first kappa shape index (κ1) is 17.0. The molecule has 1 heterocycles. The maximum absolute atomic E-state index is 12.8. The average molecular weight is 342 g/mol. The van der Waals surface area contributed by atoms with Gasteiger partial charge in [-0.15, -0.1) is 0 Å². The number of sulfone groups is 1. The van der Waals surface area contributed by atoms with Crippen molar-refractivity contribution in [3.8, 4) is 0 Å². The molecule has 1 aliphatic heterocycles. The molecule has 0 N–H and O–H groups in total. The lowest BCUT2D eigenvalue weighted by Gasteiger charge is -2.33. The Morgan fingerprint density at radius 2 is 1.95 bits per heavy atom. The number of amides is 1. The van der Waals surface area contributed by atoms with Crippen LogP contribution >= 0.6 is 11.6 Å². The number of rotatable bonds is 2. The molecule has 6 heteroatoms. The normalized spacial score (nSPS) is 20.1. The smallest absolute Gasteiger partial charge is 0.232 e. The molecule has 0 aliphatic carbocycles. The van der Waals surface area contributed by atoms with E-state index in [-0.39, 0.29) is 11.7 Å². The molecule has 0 spiro atoms. The molecule has 1 atom stereocenters. The van der Waals surface area contributed by atoms with E-state index in [4.69, 9.17) is 11.6 Å². The molecule has 0 aromatic heterocycles. The number of halogens is 1. The van der Waals surface area contributed by atoms with Crippen molar-refractivity contribution in [1.82, 2.24) is 0 Å². The van der Waals surface area contributed by atoms with Gasteiger partial charge in [0.1, 0.15) is 0 Å². The Bertz CT molecular complexity index is 732. The number of benzene rings is 1. The SMILES string of the molecule is Cc1ccc(N(C(=O)C(C)(C)C)[C@@H]2C=CS(=O)(=O)C2)cc1Cl. The minimum absolute atomic E-state index is 0.0969. The van der Waals surface area contributed by atoms with Gasteiger partial charge in [-0.3, -0.25) is 4.79 Å². The summed E-state index contributed by atoms with van der Waals surface area (Å²) in [5, 5.41) is 1.73. The van der Waals surface area contributed by atoms with E-state index < -0.39 is 21.3 Å². The summed E-state index contributed by atoms with van der Waals surface area (Å²) in [6.07, 6.45) is 1.56. The summed E-state index contributed by atoms with van der Waals surface area (Å²) in [7, 11) is -3.25. The molecule has 22 heavy (non-hydrogen) atoms. The zero-order valence-electron chi connectivity index (χ0n) is 13.1. The zero-order valence-corrected chi connectivity index (χ0v) is 14.7. The van der Waals surface area contributed by atoms with Crippen LogP contribution in [0.5, 0.6) is 0 Å². The lowest BCUT2D eigenvalue weighted by Crippen LogP contribution is -2.46. The van der Waals surface area contributed by atoms with E-state index in [1.54, 1.807) is 18.2 Å². The molecular weight excluding hydrogens is 322 g/mol. The summed E-state index contributed by atoms with van der Waals surface area (Å²) in [5.74, 6) is -0.237. The standard InChI is InChI=1S/C16H20ClNO3S/c1-11-5-6-12(9-14(11)17)18(15(19)16(2,3)4)13-7-8-22(20,21)10-13/h5-9,13H,10H2,1-4H3/t13-/m1/s1. The summed E-state index contributed by atoms with van der Waals surface area (Å²) in [4.78, 5) is 14.3. The molecular formula is C16H20ClNO3S. The van der Waals surface area contributed by atoms with Gasteiger partial charge in [-0.2, -0.15) is 0 Å². The van der Waals surface area contributed by atoms with Crippen LogP contribution in [0.25, 0.3) is 0 Å². The highest BCUT2D eigenvalue weighted by molar-refractivity contribution is 7.94. The molecule has 1 aromatic carbocycles. The minimum atomic E-state index is -3.25. The van der Waals surface area contributed by atoms with Crippen LogP contribution in [0.2, 0.25) is 5.02 Å². The number of carbonyl (C=O) groups is 1. The number of aryl methyl sites for hydroxylation is 1. The maximum atomic E-state index is 12.8. The highest BCUT2D eigenvalue weighted by atomic mass is 35.5. The van der Waals surface area contributed by atoms with Crippen molar-refractivity contribution in [2.45, 2.75) is 33.7 Å². The molecule has 1 aliphatic rings. The van der Waals surface area contributed by atoms with Gasteiger partial charge in [-0.1, -0.05) is 38.4 Å². The number of nitrogens with zero attached hydrogens (tertiary/aromatic N) is 1. The van der Waals surface area contributed by atoms with Gasteiger partial charge in [0, 0.05) is 21.5 Å². The van der Waals surface area contributed by atoms with E-state index in [2.05, 4.69) is 0 Å². The third kappa shape index (κ3) is 3.52. The molecule has 4 nitrogen and oxygen atoms in total. The number of hydrogen-bond acceptors (Lipinski definition) is 3. The summed E-state index contributed by atoms with van der Waals surface area (Å²) in [5.41, 5.74) is 0.891. The molecule has 120 valence electrons. The van der Waals surface area contributed by atoms with Gasteiger partial charge in [0.2, 0.25) is 5.91 Å². The molecule has 0 unspecified atom stereocenters. The molecule has 1 aromatic rings. The first-order valence-corrected chi connectivity index (χ1v) is 9.11. The summed E-state index contributed by atoms with van der Waals surface area (Å²) in [6, 6.07) is 4.83. The highest BCUT2D eigenvalue weighted by Crippen LogP contribution is 2.31. The van der Waals surface area contributed by atoms with Crippen LogP contribution in [0, 0.1) is 12.3 Å². The maximum Gasteiger partial charge on any atom is 0.232 e. The zero-order chi connectivity index (χ0) is 16.7. The molecule has 0 radical (unpaired) electrons. The fraction of sp³-hybridized carbons (Fsp3) is 0.438. The molecule has 1 amide bonds. The van der Waals surface area contributed by atoms with Crippen LogP contribution in [-0.4, -0.2) is 26.1 Å². The molecule has 0 fully saturated rings. The van der Waals surface area contributed by atoms with Crippen molar-refractivity contribution in [2.24, 2.45) is 5.41 Å². The van der Waals surface area contributed by atoms with Crippen LogP contribution in [-0.2, 0) is 14.6 Å². The monoisotopic (exact) mass is 341 g/mol. The Labute approximate surface area is 136 Å². The van der Waals surface area contributed by atoms with E-state index in [1.165, 1.54) is 10.3 Å². The Balaban J connectivity index is 2.49. The van der Waals surface area contributed by atoms with E-state index >= 15 is 0 Å². The van der Waals surface area contributed by atoms with Crippen LogP contribution in [0.3, 0.4) is 0 Å². The third-order valence-corrected chi connectivity index (χ3v) is 5.32. The van der Waals surface area contributed by atoms with Gasteiger partial charge < -0.3 is 4.90 Å². The Morgan fingerprint density at radius 3 is 2.41 bits per heavy atom. The number of anilines is 1. The quantitative estimate of drug-likeness (QED) is 0.829. The van der Waals surface area contributed by atoms with Crippen molar-refractivity contribution >= 4 is 33.0 Å². The largest absolute Gasteiger partial charge is 0.304 e. The summed E-state index contributed by atoms with van der Waals surface area (Å²) < 4.78 is 23.4. The second kappa shape index (κ2) is 5.70. The second-order valence-electron chi connectivity index (χ2n) is 6.58. The van der Waals surface area contributed by atoms with Gasteiger partial charge in [0.15, 0.2) is 9.84 Å². The van der Waals surface area contributed by atoms with Crippen molar-refractivity contribution in [3.05, 3.63) is 40.3 Å². The van der Waals surface area contributed by atoms with Gasteiger partial charge >= 0.3 is 0 Å². The van der Waals surface area contributed by atoms with E-state index in [9.17, 15) is 13.2 Å². The lowest BCUT2D eigenvalue weighted by atomic mass is 9.93. The van der Waals surface area contributed by atoms with E-state index in [0.717, 1.165) is 5.56 Å². The van der Waals surface area contributed by atoms with Crippen molar-refractivity contribution < 1.29 is 13.2 Å². The van der Waals surface area contributed by atoms with E-state index in [1.807, 2.05) is 33.8 Å². The Kier molecular flexibility index (Phi) is 4.42. The third-order valence-electron chi connectivity index (χ3n) is 3.54. The fourth-order valence-electron chi connectivity index (χ4n) is 2.27. The first-order valence-electron chi connectivity index (χ1n) is 7.02. The van der Waals surface area contributed by atoms with E-state index in [0.29, 0.717) is 10.7 Å². The van der Waals surface area contributed by atoms with Gasteiger partial charge in [-0.25, -0.2) is 8.42 Å². The summed E-state index contributed by atoms with van der Waals surface area (Å²) >= 11 is 6.17. The molecule has 0 bridgehead atoms. The first-order chi connectivity index (χ1) is 10.0. The molecule has 0 saturated carbocycles. The number of hydrogen-bond donors (Lipinski definition) is 0. The van der Waals surface area contributed by atoms with Crippen LogP contribution in [0.4, 0.5) is 5.69 Å². The Hall–Kier alpha value is -1.33. The van der Waals surface area contributed by atoms with Gasteiger partial charge in [0.25, 0.3) is 0 Å². The second-order valence-corrected chi connectivity index (χ2v) is 8.92. The predicted octanol–water partition coefficient (Wildman–Crippen LogP) is 3.34. The predicted molar refractivity (Wildman–Crippen MR) is 89.8 cm³/mol. The van der Waals surface area contributed by atoms with Crippen molar-refractivity contribution in [3.63, 3.8) is 0 Å². The fourth-order valence-corrected chi connectivity index (χ4v) is 3.72. The van der Waals surface area contributed by atoms with Gasteiger partial charge in [-0.05, 0) is 30.7 Å². The molecule has 2 rings (SSSR count). The van der Waals surface area contributed by atoms with Crippen LogP contribution in [0.1, 0.15) is 26.3 Å². The van der Waals surface area contributed by atoms with Crippen molar-refractivity contribution in [2.75, 3.05) is 10.7 Å². The van der Waals surface area contributed by atoms with Crippen molar-refractivity contribution in [1.29, 1.82) is 0 Å². The average Bonchev–Trinajstić information content (AvgIpc) is 2.73. The Morgan fingerprint density at radius 1 is 1.32 bits per heavy atom. The van der Waals surface area contributed by atoms with Crippen LogP contribution in [0.15, 0.2) is 29.7 Å². The minimum Gasteiger partial charge on any atom is -0.304 e. The topological polar surface area (TPSA) is 54.5 Å².